The highest BCUT2D eigenvalue weighted by atomic mass is 16.5. The van der Waals surface area contributed by atoms with E-state index in [0.29, 0.717) is 11.3 Å². The van der Waals surface area contributed by atoms with Gasteiger partial charge in [-0.2, -0.15) is 0 Å². The van der Waals surface area contributed by atoms with E-state index in [9.17, 15) is 9.59 Å². The van der Waals surface area contributed by atoms with Gasteiger partial charge in [-0.15, -0.1) is 0 Å². The van der Waals surface area contributed by atoms with Crippen LogP contribution < -0.4 is 4.90 Å². The maximum atomic E-state index is 12.1. The first-order valence-electron chi connectivity index (χ1n) is 6.12. The molecule has 1 amide bonds. The van der Waals surface area contributed by atoms with Crippen molar-refractivity contribution in [2.24, 2.45) is 0 Å². The highest BCUT2D eigenvalue weighted by molar-refractivity contribution is 5.99. The molecule has 0 aromatic carbocycles. The summed E-state index contributed by atoms with van der Waals surface area (Å²) in [6, 6.07) is 5.31. The molecule has 2 aromatic rings. The molecule has 0 atom stereocenters. The average Bonchev–Trinajstić information content (AvgIpc) is 2.85. The number of esters is 1. The number of rotatable bonds is 1. The number of pyridine rings is 1. The Kier molecular flexibility index (Phi) is 2.78. The number of carbonyl (C=O) groups is 2. The van der Waals surface area contributed by atoms with Crippen LogP contribution in [0.2, 0.25) is 0 Å². The van der Waals surface area contributed by atoms with Gasteiger partial charge in [0.05, 0.1) is 24.1 Å². The Bertz CT molecular complexity index is 705. The fourth-order valence-electron chi connectivity index (χ4n) is 2.32. The van der Waals surface area contributed by atoms with Gasteiger partial charge in [0.2, 0.25) is 5.91 Å². The zero-order valence-electron chi connectivity index (χ0n) is 11.2. The number of nitrogens with zero attached hydrogens (tertiary/aromatic N) is 3. The molecule has 1 aliphatic heterocycles. The fraction of sp³-hybridized carbons (Fsp3) is 0.214. The van der Waals surface area contributed by atoms with E-state index >= 15 is 0 Å². The van der Waals surface area contributed by atoms with E-state index in [1.165, 1.54) is 7.11 Å². The van der Waals surface area contributed by atoms with Crippen molar-refractivity contribution >= 4 is 17.6 Å². The molecule has 0 radical (unpaired) electrons. The van der Waals surface area contributed by atoms with E-state index in [1.807, 2.05) is 6.07 Å². The predicted octanol–water partition coefficient (Wildman–Crippen LogP) is 1.31. The standard InChI is InChI=1S/C14H13N3O3/c1-16-10-4-3-5-15-13(10)11-6-9(14(19)20-2)7-17(11)8-12(16)18/h3-7H,8H2,1-2H3. The van der Waals surface area contributed by atoms with Crippen LogP contribution in [0.4, 0.5) is 5.69 Å². The van der Waals surface area contributed by atoms with Crippen LogP contribution in [0.25, 0.3) is 11.4 Å². The molecule has 20 heavy (non-hydrogen) atoms. The number of ether oxygens (including phenoxy) is 1. The van der Waals surface area contributed by atoms with Crippen molar-refractivity contribution in [2.45, 2.75) is 6.54 Å². The van der Waals surface area contributed by atoms with Crippen LogP contribution in [0, 0.1) is 0 Å². The Morgan fingerprint density at radius 2 is 2.25 bits per heavy atom. The number of hydrogen-bond acceptors (Lipinski definition) is 4. The quantitative estimate of drug-likeness (QED) is 0.734. The minimum Gasteiger partial charge on any atom is -0.465 e. The molecule has 1 aliphatic rings. The summed E-state index contributed by atoms with van der Waals surface area (Å²) in [7, 11) is 3.05. The zero-order valence-corrected chi connectivity index (χ0v) is 11.2. The van der Waals surface area contributed by atoms with Crippen LogP contribution in [-0.2, 0) is 16.1 Å². The zero-order chi connectivity index (χ0) is 14.3. The van der Waals surface area contributed by atoms with Gasteiger partial charge in [0.25, 0.3) is 0 Å². The summed E-state index contributed by atoms with van der Waals surface area (Å²) in [4.78, 5) is 29.7. The van der Waals surface area contributed by atoms with E-state index in [1.54, 1.807) is 41.0 Å². The van der Waals surface area contributed by atoms with Crippen LogP contribution in [0.1, 0.15) is 10.4 Å². The molecule has 0 saturated carbocycles. The van der Waals surface area contributed by atoms with Gasteiger partial charge in [0.1, 0.15) is 12.2 Å². The van der Waals surface area contributed by atoms with Gasteiger partial charge in [-0.05, 0) is 18.2 Å². The molecule has 102 valence electrons. The summed E-state index contributed by atoms with van der Waals surface area (Å²) in [6.07, 6.45) is 3.29. The second kappa shape index (κ2) is 4.48. The molecular formula is C14H13N3O3. The molecule has 6 heteroatoms. The van der Waals surface area contributed by atoms with Crippen molar-refractivity contribution in [3.8, 4) is 11.4 Å². The van der Waals surface area contributed by atoms with Crippen molar-refractivity contribution in [1.29, 1.82) is 0 Å². The number of hydrogen-bond donors (Lipinski definition) is 0. The number of amides is 1. The van der Waals surface area contributed by atoms with Gasteiger partial charge in [-0.25, -0.2) is 4.79 Å². The molecule has 6 nitrogen and oxygen atoms in total. The maximum Gasteiger partial charge on any atom is 0.339 e. The van der Waals surface area contributed by atoms with E-state index in [4.69, 9.17) is 4.74 Å². The van der Waals surface area contributed by atoms with E-state index in [0.717, 1.165) is 11.4 Å². The van der Waals surface area contributed by atoms with Gasteiger partial charge in [-0.1, -0.05) is 0 Å². The molecule has 3 heterocycles. The van der Waals surface area contributed by atoms with Gasteiger partial charge in [0.15, 0.2) is 0 Å². The van der Waals surface area contributed by atoms with Crippen LogP contribution in [0.15, 0.2) is 30.6 Å². The fourth-order valence-corrected chi connectivity index (χ4v) is 2.32. The lowest BCUT2D eigenvalue weighted by molar-refractivity contribution is -0.118. The summed E-state index contributed by atoms with van der Waals surface area (Å²) in [5.74, 6) is -0.492. The highest BCUT2D eigenvalue weighted by Crippen LogP contribution is 2.32. The van der Waals surface area contributed by atoms with Crippen molar-refractivity contribution in [2.75, 3.05) is 19.1 Å². The van der Waals surface area contributed by atoms with Crippen LogP contribution in [0.5, 0.6) is 0 Å². The number of likely N-dealkylation sites (N-methyl/N-ethyl adjacent to an activating group) is 1. The minimum atomic E-state index is -0.427. The van der Waals surface area contributed by atoms with Gasteiger partial charge in [0, 0.05) is 19.4 Å². The summed E-state index contributed by atoms with van der Waals surface area (Å²) in [6.45, 7) is 0.166. The van der Waals surface area contributed by atoms with Crippen molar-refractivity contribution < 1.29 is 14.3 Å². The third kappa shape index (κ3) is 1.77. The summed E-state index contributed by atoms with van der Waals surface area (Å²) in [5, 5.41) is 0. The normalized spacial score (nSPS) is 13.5. The molecule has 3 rings (SSSR count). The number of carbonyl (C=O) groups excluding carboxylic acids is 2. The molecule has 0 bridgehead atoms. The molecular weight excluding hydrogens is 258 g/mol. The topological polar surface area (TPSA) is 64.4 Å². The Morgan fingerprint density at radius 1 is 1.45 bits per heavy atom. The minimum absolute atomic E-state index is 0.0648. The second-order valence-corrected chi connectivity index (χ2v) is 4.56. The Hall–Kier alpha value is -2.63. The van der Waals surface area contributed by atoms with E-state index in [-0.39, 0.29) is 12.5 Å². The maximum absolute atomic E-state index is 12.1. The summed E-state index contributed by atoms with van der Waals surface area (Å²) in [5.41, 5.74) is 2.55. The Balaban J connectivity index is 2.22. The third-order valence-electron chi connectivity index (χ3n) is 3.39. The number of methoxy groups -OCH3 is 1. The van der Waals surface area contributed by atoms with Crippen LogP contribution >= 0.6 is 0 Å². The lowest BCUT2D eigenvalue weighted by atomic mass is 10.2. The number of aromatic nitrogens is 2. The van der Waals surface area contributed by atoms with Crippen molar-refractivity contribution in [3.05, 3.63) is 36.2 Å². The van der Waals surface area contributed by atoms with Crippen LogP contribution in [0.3, 0.4) is 0 Å². The van der Waals surface area contributed by atoms with Gasteiger partial charge in [-0.3, -0.25) is 9.78 Å². The highest BCUT2D eigenvalue weighted by Gasteiger charge is 2.25. The molecule has 0 spiro atoms. The summed E-state index contributed by atoms with van der Waals surface area (Å²) >= 11 is 0. The first-order chi connectivity index (χ1) is 9.61. The lowest BCUT2D eigenvalue weighted by Gasteiger charge is -2.15. The lowest BCUT2D eigenvalue weighted by Crippen LogP contribution is -2.28. The molecule has 2 aromatic heterocycles. The molecule has 0 fully saturated rings. The van der Waals surface area contributed by atoms with Crippen molar-refractivity contribution in [1.82, 2.24) is 9.55 Å². The monoisotopic (exact) mass is 271 g/mol. The number of fused-ring (bicyclic) bond motifs is 3. The summed E-state index contributed by atoms with van der Waals surface area (Å²) < 4.78 is 6.44. The van der Waals surface area contributed by atoms with Gasteiger partial charge >= 0.3 is 5.97 Å². The number of anilines is 1. The average molecular weight is 271 g/mol. The van der Waals surface area contributed by atoms with Crippen LogP contribution in [-0.4, -0.2) is 35.6 Å². The largest absolute Gasteiger partial charge is 0.465 e. The van der Waals surface area contributed by atoms with Crippen molar-refractivity contribution in [3.63, 3.8) is 0 Å². The third-order valence-corrected chi connectivity index (χ3v) is 3.39. The van der Waals surface area contributed by atoms with Gasteiger partial charge < -0.3 is 14.2 Å². The molecule has 0 N–H and O–H groups in total. The predicted molar refractivity (Wildman–Crippen MR) is 72.4 cm³/mol. The smallest absolute Gasteiger partial charge is 0.339 e. The molecule has 0 aliphatic carbocycles. The first kappa shape index (κ1) is 12.4. The molecule has 0 unspecified atom stereocenters. The first-order valence-corrected chi connectivity index (χ1v) is 6.12. The SMILES string of the molecule is COC(=O)c1cc2n(c1)CC(=O)N(C)c1cccnc1-2. The Morgan fingerprint density at radius 3 is 3.00 bits per heavy atom. The Labute approximate surface area is 115 Å². The second-order valence-electron chi connectivity index (χ2n) is 4.56. The van der Waals surface area contributed by atoms with E-state index < -0.39 is 5.97 Å². The molecule has 0 saturated heterocycles. The van der Waals surface area contributed by atoms with E-state index in [2.05, 4.69) is 4.98 Å².